The number of carbonyl (C=O) groups excluding carboxylic acids is 2. The molecule has 0 saturated carbocycles. The maximum Gasteiger partial charge on any atom is 0.279 e. The third-order valence-corrected chi connectivity index (χ3v) is 4.69. The molecule has 0 aliphatic heterocycles. The standard InChI is InChI=1S/C25H26N2O4/c1-3-21(31-22-15-9-7-11-18(22)2)25(29)27-26-24(28)20-14-8-10-16-23(20)30-17-19-12-5-4-6-13-19/h4-16,21H,3,17H2,1-2H3,(H,26,28)(H,27,29)/t21-/m0/s1. The number of rotatable bonds is 8. The molecule has 1 atom stereocenters. The molecule has 3 aromatic rings. The number of ether oxygens (including phenoxy) is 2. The predicted molar refractivity (Wildman–Crippen MR) is 119 cm³/mol. The minimum Gasteiger partial charge on any atom is -0.488 e. The van der Waals surface area contributed by atoms with E-state index in [0.717, 1.165) is 11.1 Å². The molecule has 2 N–H and O–H groups in total. The van der Waals surface area contributed by atoms with Crippen molar-refractivity contribution in [3.05, 3.63) is 95.6 Å². The topological polar surface area (TPSA) is 76.7 Å². The van der Waals surface area contributed by atoms with Crippen molar-refractivity contribution in [3.8, 4) is 11.5 Å². The fourth-order valence-electron chi connectivity index (χ4n) is 2.95. The number of hydrogen-bond acceptors (Lipinski definition) is 4. The van der Waals surface area contributed by atoms with Gasteiger partial charge in [0.25, 0.3) is 11.8 Å². The summed E-state index contributed by atoms with van der Waals surface area (Å²) in [5.41, 5.74) is 7.16. The van der Waals surface area contributed by atoms with Gasteiger partial charge in [0.15, 0.2) is 6.10 Å². The smallest absolute Gasteiger partial charge is 0.279 e. The van der Waals surface area contributed by atoms with Gasteiger partial charge in [-0.1, -0.05) is 67.6 Å². The molecule has 3 aromatic carbocycles. The number of nitrogens with one attached hydrogen (secondary N) is 2. The second-order valence-electron chi connectivity index (χ2n) is 6.99. The molecule has 0 fully saturated rings. The van der Waals surface area contributed by atoms with Gasteiger partial charge in [0.1, 0.15) is 18.1 Å². The summed E-state index contributed by atoms with van der Waals surface area (Å²) in [5.74, 6) is 0.168. The molecule has 3 rings (SSSR count). The normalized spacial score (nSPS) is 11.3. The third kappa shape index (κ3) is 6.09. The monoisotopic (exact) mass is 418 g/mol. The lowest BCUT2D eigenvalue weighted by Crippen LogP contribution is -2.48. The van der Waals surface area contributed by atoms with Gasteiger partial charge in [0.2, 0.25) is 0 Å². The van der Waals surface area contributed by atoms with Gasteiger partial charge in [-0.3, -0.25) is 20.4 Å². The van der Waals surface area contributed by atoms with Crippen molar-refractivity contribution < 1.29 is 19.1 Å². The van der Waals surface area contributed by atoms with Crippen LogP contribution in [0.4, 0.5) is 0 Å². The molecule has 6 heteroatoms. The number of para-hydroxylation sites is 2. The Labute approximate surface area is 182 Å². The van der Waals surface area contributed by atoms with Crippen molar-refractivity contribution in [3.63, 3.8) is 0 Å². The van der Waals surface area contributed by atoms with Crippen molar-refractivity contribution in [2.45, 2.75) is 33.0 Å². The summed E-state index contributed by atoms with van der Waals surface area (Å²) in [6.45, 7) is 4.09. The Balaban J connectivity index is 1.59. The molecule has 2 amide bonds. The maximum atomic E-state index is 12.7. The predicted octanol–water partition coefficient (Wildman–Crippen LogP) is 4.19. The van der Waals surface area contributed by atoms with Crippen molar-refractivity contribution in [1.82, 2.24) is 10.9 Å². The van der Waals surface area contributed by atoms with Crippen LogP contribution < -0.4 is 20.3 Å². The SMILES string of the molecule is CC[C@H](Oc1ccccc1C)C(=O)NNC(=O)c1ccccc1OCc1ccccc1. The lowest BCUT2D eigenvalue weighted by molar-refractivity contribution is -0.128. The van der Waals surface area contributed by atoms with Gasteiger partial charge in [-0.15, -0.1) is 0 Å². The Morgan fingerprint density at radius 1 is 0.839 bits per heavy atom. The average molecular weight is 418 g/mol. The zero-order valence-corrected chi connectivity index (χ0v) is 17.6. The van der Waals surface area contributed by atoms with E-state index >= 15 is 0 Å². The molecule has 0 saturated heterocycles. The second-order valence-corrected chi connectivity index (χ2v) is 6.99. The van der Waals surface area contributed by atoms with Crippen LogP contribution in [0.5, 0.6) is 11.5 Å². The molecule has 0 radical (unpaired) electrons. The fraction of sp³-hybridized carbons (Fsp3) is 0.200. The number of amides is 2. The Kier molecular flexibility index (Phi) is 7.65. The van der Waals surface area contributed by atoms with E-state index in [4.69, 9.17) is 9.47 Å². The first-order valence-electron chi connectivity index (χ1n) is 10.2. The highest BCUT2D eigenvalue weighted by Crippen LogP contribution is 2.20. The van der Waals surface area contributed by atoms with Crippen LogP contribution in [0.1, 0.15) is 34.8 Å². The van der Waals surface area contributed by atoms with Crippen LogP contribution in [-0.2, 0) is 11.4 Å². The van der Waals surface area contributed by atoms with E-state index in [1.54, 1.807) is 24.3 Å². The van der Waals surface area contributed by atoms with Crippen molar-refractivity contribution in [2.75, 3.05) is 0 Å². The zero-order valence-electron chi connectivity index (χ0n) is 17.6. The van der Waals surface area contributed by atoms with Crippen molar-refractivity contribution in [2.24, 2.45) is 0 Å². The summed E-state index contributed by atoms with van der Waals surface area (Å²) >= 11 is 0. The summed E-state index contributed by atoms with van der Waals surface area (Å²) in [5, 5.41) is 0. The molecule has 0 bridgehead atoms. The van der Waals surface area contributed by atoms with Crippen LogP contribution in [0, 0.1) is 6.92 Å². The van der Waals surface area contributed by atoms with Crippen LogP contribution in [0.25, 0.3) is 0 Å². The Bertz CT molecular complexity index is 1020. The number of hydrogen-bond donors (Lipinski definition) is 2. The molecule has 0 aliphatic carbocycles. The zero-order chi connectivity index (χ0) is 22.1. The summed E-state index contributed by atoms with van der Waals surface area (Å²) in [7, 11) is 0. The quantitative estimate of drug-likeness (QED) is 0.538. The van der Waals surface area contributed by atoms with E-state index in [-0.39, 0.29) is 0 Å². The van der Waals surface area contributed by atoms with E-state index in [0.29, 0.717) is 30.1 Å². The minimum atomic E-state index is -0.731. The lowest BCUT2D eigenvalue weighted by atomic mass is 10.2. The first kappa shape index (κ1) is 21.9. The van der Waals surface area contributed by atoms with E-state index in [9.17, 15) is 9.59 Å². The van der Waals surface area contributed by atoms with Crippen LogP contribution in [-0.4, -0.2) is 17.9 Å². The number of aryl methyl sites for hydroxylation is 1. The van der Waals surface area contributed by atoms with Crippen LogP contribution in [0.2, 0.25) is 0 Å². The van der Waals surface area contributed by atoms with Gasteiger partial charge in [-0.05, 0) is 42.7 Å². The average Bonchev–Trinajstić information content (AvgIpc) is 2.81. The summed E-state index contributed by atoms with van der Waals surface area (Å²) in [4.78, 5) is 25.2. The summed E-state index contributed by atoms with van der Waals surface area (Å²) < 4.78 is 11.6. The first-order chi connectivity index (χ1) is 15.1. The van der Waals surface area contributed by atoms with E-state index in [2.05, 4.69) is 10.9 Å². The van der Waals surface area contributed by atoms with E-state index in [1.165, 1.54) is 0 Å². The molecule has 0 aromatic heterocycles. The summed E-state index contributed by atoms with van der Waals surface area (Å²) in [6.07, 6.45) is -0.279. The van der Waals surface area contributed by atoms with Crippen molar-refractivity contribution in [1.29, 1.82) is 0 Å². The van der Waals surface area contributed by atoms with Crippen LogP contribution in [0.3, 0.4) is 0 Å². The van der Waals surface area contributed by atoms with Gasteiger partial charge in [-0.2, -0.15) is 0 Å². The maximum absolute atomic E-state index is 12.7. The molecule has 31 heavy (non-hydrogen) atoms. The van der Waals surface area contributed by atoms with Gasteiger partial charge < -0.3 is 9.47 Å². The highest BCUT2D eigenvalue weighted by Gasteiger charge is 2.20. The highest BCUT2D eigenvalue weighted by molar-refractivity contribution is 5.98. The molecular formula is C25H26N2O4. The minimum absolute atomic E-state index is 0.326. The lowest BCUT2D eigenvalue weighted by Gasteiger charge is -2.19. The molecule has 0 spiro atoms. The molecule has 160 valence electrons. The van der Waals surface area contributed by atoms with E-state index in [1.807, 2.05) is 68.4 Å². The number of carbonyl (C=O) groups is 2. The Hall–Kier alpha value is -3.80. The number of hydrazine groups is 1. The first-order valence-corrected chi connectivity index (χ1v) is 10.2. The fourth-order valence-corrected chi connectivity index (χ4v) is 2.95. The van der Waals surface area contributed by atoms with Crippen LogP contribution in [0.15, 0.2) is 78.9 Å². The summed E-state index contributed by atoms with van der Waals surface area (Å²) in [6, 6.07) is 24.0. The Morgan fingerprint density at radius 2 is 1.48 bits per heavy atom. The Morgan fingerprint density at radius 3 is 2.19 bits per heavy atom. The van der Waals surface area contributed by atoms with Crippen LogP contribution >= 0.6 is 0 Å². The highest BCUT2D eigenvalue weighted by atomic mass is 16.5. The van der Waals surface area contributed by atoms with Gasteiger partial charge >= 0.3 is 0 Å². The number of benzene rings is 3. The third-order valence-electron chi connectivity index (χ3n) is 4.69. The molecule has 6 nitrogen and oxygen atoms in total. The second kappa shape index (κ2) is 10.8. The van der Waals surface area contributed by atoms with Gasteiger partial charge in [-0.25, -0.2) is 0 Å². The largest absolute Gasteiger partial charge is 0.488 e. The molecular weight excluding hydrogens is 392 g/mol. The molecule has 0 aliphatic rings. The molecule has 0 heterocycles. The van der Waals surface area contributed by atoms with E-state index < -0.39 is 17.9 Å². The molecule has 0 unspecified atom stereocenters. The van der Waals surface area contributed by atoms with Crippen molar-refractivity contribution >= 4 is 11.8 Å². The van der Waals surface area contributed by atoms with Gasteiger partial charge in [0, 0.05) is 0 Å². The van der Waals surface area contributed by atoms with Gasteiger partial charge in [0.05, 0.1) is 5.56 Å².